The number of nitrogens with two attached hydrogens (primary N) is 1. The number of ether oxygens (including phenoxy) is 1. The number of carbonyl (C=O) groups excluding carboxylic acids is 1. The average Bonchev–Trinajstić information content (AvgIpc) is 2.43. The van der Waals surface area contributed by atoms with Crippen molar-refractivity contribution in [2.75, 3.05) is 20.7 Å². The highest BCUT2D eigenvalue weighted by Crippen LogP contribution is 2.20. The maximum absolute atomic E-state index is 11.2. The molecular formula is C13H21N3O2. The molecule has 0 atom stereocenters. The number of nitrogens with one attached hydrogen (secondary N) is 1. The number of hydrazine groups is 1. The van der Waals surface area contributed by atoms with E-state index in [0.717, 1.165) is 18.6 Å². The number of aryl methyl sites for hydroxylation is 1. The third-order valence-corrected chi connectivity index (χ3v) is 2.93. The van der Waals surface area contributed by atoms with Crippen LogP contribution in [0.2, 0.25) is 0 Å². The van der Waals surface area contributed by atoms with Gasteiger partial charge in [0, 0.05) is 13.6 Å². The van der Waals surface area contributed by atoms with E-state index in [4.69, 9.17) is 10.6 Å². The molecule has 100 valence electrons. The van der Waals surface area contributed by atoms with Crippen LogP contribution in [0.5, 0.6) is 5.75 Å². The molecule has 0 heterocycles. The second-order valence-electron chi connectivity index (χ2n) is 4.12. The number of methoxy groups -OCH3 is 1. The number of amides is 2. The summed E-state index contributed by atoms with van der Waals surface area (Å²) in [5.41, 5.74) is 4.47. The van der Waals surface area contributed by atoms with E-state index in [0.29, 0.717) is 6.54 Å². The van der Waals surface area contributed by atoms with Crippen LogP contribution in [0.3, 0.4) is 0 Å². The van der Waals surface area contributed by atoms with Crippen molar-refractivity contribution in [3.8, 4) is 5.75 Å². The van der Waals surface area contributed by atoms with Gasteiger partial charge >= 0.3 is 6.03 Å². The monoisotopic (exact) mass is 251 g/mol. The predicted octanol–water partition coefficient (Wildman–Crippen LogP) is 1.32. The minimum atomic E-state index is -0.278. The summed E-state index contributed by atoms with van der Waals surface area (Å²) in [4.78, 5) is 12.8. The molecule has 1 aromatic rings. The minimum Gasteiger partial charge on any atom is -0.496 e. The Balaban J connectivity index is 2.65. The van der Waals surface area contributed by atoms with Crippen LogP contribution in [0.15, 0.2) is 18.2 Å². The molecule has 0 fully saturated rings. The highest BCUT2D eigenvalue weighted by molar-refractivity contribution is 5.73. The smallest absolute Gasteiger partial charge is 0.331 e. The van der Waals surface area contributed by atoms with Gasteiger partial charge in [-0.25, -0.2) is 10.6 Å². The normalized spacial score (nSPS) is 10.0. The Morgan fingerprint density at radius 3 is 2.78 bits per heavy atom. The first-order chi connectivity index (χ1) is 8.62. The molecule has 0 aliphatic carbocycles. The van der Waals surface area contributed by atoms with Crippen molar-refractivity contribution in [1.29, 1.82) is 0 Å². The lowest BCUT2D eigenvalue weighted by Gasteiger charge is -2.16. The van der Waals surface area contributed by atoms with Crippen molar-refractivity contribution >= 4 is 6.03 Å². The lowest BCUT2D eigenvalue weighted by atomic mass is 10.1. The van der Waals surface area contributed by atoms with E-state index in [-0.39, 0.29) is 6.03 Å². The zero-order chi connectivity index (χ0) is 13.5. The van der Waals surface area contributed by atoms with Crippen LogP contribution < -0.4 is 16.0 Å². The van der Waals surface area contributed by atoms with Crippen LogP contribution in [0.1, 0.15) is 18.1 Å². The van der Waals surface area contributed by atoms with Gasteiger partial charge in [0.2, 0.25) is 0 Å². The van der Waals surface area contributed by atoms with Gasteiger partial charge in [-0.05, 0) is 30.0 Å². The Bertz CT molecular complexity index is 407. The fourth-order valence-corrected chi connectivity index (χ4v) is 1.77. The fourth-order valence-electron chi connectivity index (χ4n) is 1.77. The lowest BCUT2D eigenvalue weighted by Crippen LogP contribution is -2.41. The van der Waals surface area contributed by atoms with E-state index in [1.54, 1.807) is 19.1 Å². The first kappa shape index (κ1) is 14.3. The number of nitrogens with zero attached hydrogens (tertiary/aromatic N) is 1. The highest BCUT2D eigenvalue weighted by atomic mass is 16.5. The van der Waals surface area contributed by atoms with E-state index in [1.807, 2.05) is 12.1 Å². The first-order valence-electron chi connectivity index (χ1n) is 5.99. The van der Waals surface area contributed by atoms with Gasteiger partial charge in [-0.2, -0.15) is 0 Å². The molecule has 0 saturated heterocycles. The maximum Gasteiger partial charge on any atom is 0.331 e. The summed E-state index contributed by atoms with van der Waals surface area (Å²) in [6, 6.07) is 5.83. The highest BCUT2D eigenvalue weighted by Gasteiger charge is 2.07. The van der Waals surface area contributed by atoms with Crippen molar-refractivity contribution in [2.45, 2.75) is 19.8 Å². The summed E-state index contributed by atoms with van der Waals surface area (Å²) in [6.07, 6.45) is 1.72. The van der Waals surface area contributed by atoms with Gasteiger partial charge < -0.3 is 9.64 Å². The van der Waals surface area contributed by atoms with Crippen LogP contribution >= 0.6 is 0 Å². The van der Waals surface area contributed by atoms with Gasteiger partial charge in [-0.15, -0.1) is 0 Å². The Morgan fingerprint density at radius 2 is 2.22 bits per heavy atom. The molecule has 0 aromatic heterocycles. The third-order valence-electron chi connectivity index (χ3n) is 2.93. The SMILES string of the molecule is CCc1cc(CCN(C)C(=O)NN)ccc1OC. The summed E-state index contributed by atoms with van der Waals surface area (Å²) in [5, 5.41) is 0. The van der Waals surface area contributed by atoms with Crippen molar-refractivity contribution < 1.29 is 9.53 Å². The second-order valence-corrected chi connectivity index (χ2v) is 4.12. The summed E-state index contributed by atoms with van der Waals surface area (Å²) in [7, 11) is 3.39. The van der Waals surface area contributed by atoms with Crippen molar-refractivity contribution in [3.05, 3.63) is 29.3 Å². The number of hydrogen-bond donors (Lipinski definition) is 2. The Labute approximate surface area is 108 Å². The van der Waals surface area contributed by atoms with Crippen molar-refractivity contribution in [2.24, 2.45) is 5.84 Å². The van der Waals surface area contributed by atoms with E-state index < -0.39 is 0 Å². The average molecular weight is 251 g/mol. The summed E-state index contributed by atoms with van der Waals surface area (Å²) < 4.78 is 5.28. The topological polar surface area (TPSA) is 67.6 Å². The number of urea groups is 1. The molecule has 2 amide bonds. The van der Waals surface area contributed by atoms with Gasteiger partial charge in [0.15, 0.2) is 0 Å². The molecule has 0 bridgehead atoms. The molecule has 5 heteroatoms. The molecule has 0 unspecified atom stereocenters. The molecular weight excluding hydrogens is 230 g/mol. The molecule has 18 heavy (non-hydrogen) atoms. The summed E-state index contributed by atoms with van der Waals surface area (Å²) in [5.74, 6) is 5.98. The molecule has 0 aliphatic rings. The molecule has 0 saturated carbocycles. The van der Waals surface area contributed by atoms with E-state index >= 15 is 0 Å². The van der Waals surface area contributed by atoms with Gasteiger partial charge in [0.25, 0.3) is 0 Å². The molecule has 0 spiro atoms. The zero-order valence-electron chi connectivity index (χ0n) is 11.2. The molecule has 0 radical (unpaired) electrons. The molecule has 0 aliphatic heterocycles. The third kappa shape index (κ3) is 3.63. The predicted molar refractivity (Wildman–Crippen MR) is 71.4 cm³/mol. The largest absolute Gasteiger partial charge is 0.496 e. The maximum atomic E-state index is 11.2. The summed E-state index contributed by atoms with van der Waals surface area (Å²) >= 11 is 0. The quantitative estimate of drug-likeness (QED) is 0.471. The van der Waals surface area contributed by atoms with E-state index in [1.165, 1.54) is 11.1 Å². The minimum absolute atomic E-state index is 0.278. The number of rotatable bonds is 5. The van der Waals surface area contributed by atoms with Crippen LogP contribution in [-0.4, -0.2) is 31.6 Å². The van der Waals surface area contributed by atoms with Crippen LogP contribution in [0.25, 0.3) is 0 Å². The van der Waals surface area contributed by atoms with Gasteiger partial charge in [0.1, 0.15) is 5.75 Å². The van der Waals surface area contributed by atoms with Gasteiger partial charge in [-0.3, -0.25) is 5.43 Å². The first-order valence-corrected chi connectivity index (χ1v) is 5.99. The van der Waals surface area contributed by atoms with Crippen LogP contribution in [-0.2, 0) is 12.8 Å². The van der Waals surface area contributed by atoms with Crippen molar-refractivity contribution in [1.82, 2.24) is 10.3 Å². The van der Waals surface area contributed by atoms with Crippen LogP contribution in [0, 0.1) is 0 Å². The van der Waals surface area contributed by atoms with Crippen LogP contribution in [0.4, 0.5) is 4.79 Å². The number of carbonyl (C=O) groups is 1. The number of benzene rings is 1. The Kier molecular flexibility index (Phi) is 5.45. The summed E-state index contributed by atoms with van der Waals surface area (Å²) in [6.45, 7) is 2.72. The Hall–Kier alpha value is -1.75. The van der Waals surface area contributed by atoms with Gasteiger partial charge in [-0.1, -0.05) is 19.1 Å². The zero-order valence-corrected chi connectivity index (χ0v) is 11.2. The van der Waals surface area contributed by atoms with Gasteiger partial charge in [0.05, 0.1) is 7.11 Å². The molecule has 5 nitrogen and oxygen atoms in total. The molecule has 3 N–H and O–H groups in total. The molecule has 1 aromatic carbocycles. The lowest BCUT2D eigenvalue weighted by molar-refractivity contribution is 0.209. The fraction of sp³-hybridized carbons (Fsp3) is 0.462. The number of likely N-dealkylation sites (N-methyl/N-ethyl adjacent to an activating group) is 1. The number of hydrogen-bond acceptors (Lipinski definition) is 3. The standard InChI is InChI=1S/C13H21N3O2/c1-4-11-9-10(5-6-12(11)18-3)7-8-16(2)13(17)15-14/h5-6,9H,4,7-8,14H2,1-3H3,(H,15,17). The molecule has 1 rings (SSSR count). The van der Waals surface area contributed by atoms with E-state index in [9.17, 15) is 4.79 Å². The van der Waals surface area contributed by atoms with E-state index in [2.05, 4.69) is 18.4 Å². The Morgan fingerprint density at radius 1 is 1.50 bits per heavy atom. The second kappa shape index (κ2) is 6.86. The van der Waals surface area contributed by atoms with Crippen molar-refractivity contribution in [3.63, 3.8) is 0 Å².